The Morgan fingerprint density at radius 3 is 2.22 bits per heavy atom. The van der Waals surface area contributed by atoms with E-state index in [1.807, 2.05) is 0 Å². The minimum Gasteiger partial charge on any atom is -0.296 e. The lowest BCUT2D eigenvalue weighted by Gasteiger charge is -2.26. The summed E-state index contributed by atoms with van der Waals surface area (Å²) in [6, 6.07) is 11.6. The zero-order valence-electron chi connectivity index (χ0n) is 11.0. The molecule has 0 radical (unpaired) electrons. The van der Waals surface area contributed by atoms with Crippen LogP contribution >= 0.6 is 0 Å². The number of benzene rings is 1. The van der Waals surface area contributed by atoms with E-state index in [0.29, 0.717) is 6.04 Å². The average molecular weight is 239 g/mol. The van der Waals surface area contributed by atoms with Gasteiger partial charge in [0.2, 0.25) is 0 Å². The highest BCUT2D eigenvalue weighted by molar-refractivity contribution is 5.21. The van der Waals surface area contributed by atoms with Crippen molar-refractivity contribution in [2.75, 3.05) is 13.1 Å². The molecule has 94 valence electrons. The van der Waals surface area contributed by atoms with E-state index in [1.165, 1.54) is 25.1 Å². The number of hydrogen-bond donors (Lipinski definition) is 0. The largest absolute Gasteiger partial charge is 0.296 e. The standard InChI is InChI=1S/C17H21N/c1-12(13-5-3-2-4-6-13)18-10-16-14-7-8-15(9-14)17(16)11-18/h2-8,12,14-17H,9-11H2,1H3/t12-,14-,15+,16?,17?/m0/s1. The maximum absolute atomic E-state index is 2.71. The first-order chi connectivity index (χ1) is 8.83. The molecule has 1 aliphatic heterocycles. The van der Waals surface area contributed by atoms with E-state index >= 15 is 0 Å². The third kappa shape index (κ3) is 1.50. The smallest absolute Gasteiger partial charge is 0.0320 e. The molecule has 0 spiro atoms. The van der Waals surface area contributed by atoms with Gasteiger partial charge in [-0.25, -0.2) is 0 Å². The van der Waals surface area contributed by atoms with Crippen LogP contribution < -0.4 is 0 Å². The van der Waals surface area contributed by atoms with Crippen LogP contribution in [0.4, 0.5) is 0 Å². The lowest BCUT2D eigenvalue weighted by molar-refractivity contribution is 0.234. The molecule has 1 aromatic carbocycles. The highest BCUT2D eigenvalue weighted by Gasteiger charge is 2.49. The van der Waals surface area contributed by atoms with E-state index < -0.39 is 0 Å². The highest BCUT2D eigenvalue weighted by Crippen LogP contribution is 2.52. The second kappa shape index (κ2) is 3.96. The van der Waals surface area contributed by atoms with Gasteiger partial charge in [-0.05, 0) is 42.6 Å². The predicted molar refractivity (Wildman–Crippen MR) is 74.1 cm³/mol. The van der Waals surface area contributed by atoms with Crippen molar-refractivity contribution in [1.29, 1.82) is 0 Å². The first-order valence-corrected chi connectivity index (χ1v) is 7.30. The molecule has 5 atom stereocenters. The summed E-state index contributed by atoms with van der Waals surface area (Å²) >= 11 is 0. The third-order valence-electron chi connectivity index (χ3n) is 5.52. The second-order valence-corrected chi connectivity index (χ2v) is 6.32. The molecule has 2 bridgehead atoms. The normalized spacial score (nSPS) is 39.2. The summed E-state index contributed by atoms with van der Waals surface area (Å²) in [5.41, 5.74) is 1.47. The molecule has 1 heteroatoms. The molecule has 1 saturated heterocycles. The van der Waals surface area contributed by atoms with E-state index in [4.69, 9.17) is 0 Å². The molecule has 1 aromatic rings. The summed E-state index contributed by atoms with van der Waals surface area (Å²) in [7, 11) is 0. The van der Waals surface area contributed by atoms with Gasteiger partial charge >= 0.3 is 0 Å². The van der Waals surface area contributed by atoms with Crippen molar-refractivity contribution < 1.29 is 0 Å². The molecule has 0 amide bonds. The third-order valence-corrected chi connectivity index (χ3v) is 5.52. The number of fused-ring (bicyclic) bond motifs is 5. The molecule has 1 heterocycles. The monoisotopic (exact) mass is 239 g/mol. The summed E-state index contributed by atoms with van der Waals surface area (Å²) in [5.74, 6) is 3.69. The van der Waals surface area contributed by atoms with Crippen molar-refractivity contribution >= 4 is 0 Å². The minimum absolute atomic E-state index is 0.580. The van der Waals surface area contributed by atoms with Crippen LogP contribution in [0.1, 0.15) is 24.9 Å². The van der Waals surface area contributed by atoms with Crippen molar-refractivity contribution in [2.45, 2.75) is 19.4 Å². The van der Waals surface area contributed by atoms with Crippen LogP contribution in [0.5, 0.6) is 0 Å². The summed E-state index contributed by atoms with van der Waals surface area (Å²) in [6.45, 7) is 4.99. The number of hydrogen-bond acceptors (Lipinski definition) is 1. The Hall–Kier alpha value is -1.08. The van der Waals surface area contributed by atoms with Gasteiger partial charge in [-0.3, -0.25) is 4.90 Å². The van der Waals surface area contributed by atoms with Gasteiger partial charge in [0.1, 0.15) is 0 Å². The summed E-state index contributed by atoms with van der Waals surface area (Å²) in [6.07, 6.45) is 6.42. The fraction of sp³-hybridized carbons (Fsp3) is 0.529. The van der Waals surface area contributed by atoms with Crippen LogP contribution in [0.3, 0.4) is 0 Å². The molecule has 0 N–H and O–H groups in total. The van der Waals surface area contributed by atoms with Gasteiger partial charge in [0, 0.05) is 19.1 Å². The fourth-order valence-corrected chi connectivity index (χ4v) is 4.44. The van der Waals surface area contributed by atoms with Gasteiger partial charge in [-0.2, -0.15) is 0 Å². The van der Waals surface area contributed by atoms with Gasteiger partial charge in [-0.1, -0.05) is 42.5 Å². The van der Waals surface area contributed by atoms with Gasteiger partial charge in [0.15, 0.2) is 0 Å². The van der Waals surface area contributed by atoms with Crippen molar-refractivity contribution in [1.82, 2.24) is 4.90 Å². The van der Waals surface area contributed by atoms with Gasteiger partial charge < -0.3 is 0 Å². The van der Waals surface area contributed by atoms with Crippen LogP contribution in [0.2, 0.25) is 0 Å². The molecule has 2 aliphatic carbocycles. The Bertz CT molecular complexity index is 444. The number of allylic oxidation sites excluding steroid dienone is 2. The summed E-state index contributed by atoms with van der Waals surface area (Å²) in [5, 5.41) is 0. The molecule has 1 nitrogen and oxygen atoms in total. The molecule has 1 saturated carbocycles. The predicted octanol–water partition coefficient (Wildman–Crippen LogP) is 3.50. The van der Waals surface area contributed by atoms with E-state index in [2.05, 4.69) is 54.3 Å². The molecule has 0 aromatic heterocycles. The van der Waals surface area contributed by atoms with E-state index in [1.54, 1.807) is 0 Å². The van der Waals surface area contributed by atoms with Crippen LogP contribution in [-0.4, -0.2) is 18.0 Å². The maximum atomic E-state index is 2.71. The molecule has 18 heavy (non-hydrogen) atoms. The SMILES string of the molecule is C[C@@H](c1ccccc1)N1CC2C(C1)[C@H]1C=C[C@@H]2C1. The van der Waals surface area contributed by atoms with Crippen molar-refractivity contribution in [3.63, 3.8) is 0 Å². The van der Waals surface area contributed by atoms with E-state index in [9.17, 15) is 0 Å². The van der Waals surface area contributed by atoms with Gasteiger partial charge in [0.25, 0.3) is 0 Å². The highest BCUT2D eigenvalue weighted by atomic mass is 15.2. The van der Waals surface area contributed by atoms with Gasteiger partial charge in [0.05, 0.1) is 0 Å². The molecular weight excluding hydrogens is 218 g/mol. The van der Waals surface area contributed by atoms with Crippen molar-refractivity contribution in [3.8, 4) is 0 Å². The summed E-state index contributed by atoms with van der Waals surface area (Å²) < 4.78 is 0. The minimum atomic E-state index is 0.580. The second-order valence-electron chi connectivity index (χ2n) is 6.32. The van der Waals surface area contributed by atoms with Crippen molar-refractivity contribution in [3.05, 3.63) is 48.0 Å². The molecule has 3 aliphatic rings. The molecular formula is C17H21N. The first kappa shape index (κ1) is 10.8. The lowest BCUT2D eigenvalue weighted by atomic mass is 9.86. The van der Waals surface area contributed by atoms with Crippen LogP contribution in [0, 0.1) is 23.7 Å². The zero-order chi connectivity index (χ0) is 12.1. The fourth-order valence-electron chi connectivity index (χ4n) is 4.44. The van der Waals surface area contributed by atoms with E-state index in [-0.39, 0.29) is 0 Å². The van der Waals surface area contributed by atoms with Crippen LogP contribution in [0.25, 0.3) is 0 Å². The number of nitrogens with zero attached hydrogens (tertiary/aromatic N) is 1. The number of rotatable bonds is 2. The molecule has 4 rings (SSSR count). The summed E-state index contributed by atoms with van der Waals surface area (Å²) in [4.78, 5) is 2.71. The quantitative estimate of drug-likeness (QED) is 0.714. The van der Waals surface area contributed by atoms with Crippen molar-refractivity contribution in [2.24, 2.45) is 23.7 Å². The molecule has 2 unspecified atom stereocenters. The first-order valence-electron chi connectivity index (χ1n) is 7.30. The van der Waals surface area contributed by atoms with Crippen LogP contribution in [-0.2, 0) is 0 Å². The lowest BCUT2D eigenvalue weighted by Crippen LogP contribution is -2.26. The van der Waals surface area contributed by atoms with Crippen LogP contribution in [0.15, 0.2) is 42.5 Å². The Balaban J connectivity index is 1.52. The Kier molecular flexibility index (Phi) is 2.38. The number of likely N-dealkylation sites (tertiary alicyclic amines) is 1. The van der Waals surface area contributed by atoms with Gasteiger partial charge in [-0.15, -0.1) is 0 Å². The van der Waals surface area contributed by atoms with E-state index in [0.717, 1.165) is 23.7 Å². The topological polar surface area (TPSA) is 3.24 Å². The molecule has 2 fully saturated rings. The Labute approximate surface area is 109 Å². The Morgan fingerprint density at radius 1 is 1.00 bits per heavy atom. The maximum Gasteiger partial charge on any atom is 0.0320 e. The zero-order valence-corrected chi connectivity index (χ0v) is 11.0. The average Bonchev–Trinajstić information content (AvgIpc) is 3.10. The Morgan fingerprint density at radius 2 is 1.61 bits per heavy atom.